The molecule has 0 aliphatic rings. The Labute approximate surface area is 239 Å². The molecule has 1 aromatic heterocycles. The van der Waals surface area contributed by atoms with Crippen LogP contribution in [0.25, 0.3) is 16.8 Å². The zero-order valence-corrected chi connectivity index (χ0v) is 23.6. The summed E-state index contributed by atoms with van der Waals surface area (Å²) in [5.41, 5.74) is 0.0150. The van der Waals surface area contributed by atoms with Crippen LogP contribution in [0.4, 0.5) is 13.2 Å². The topological polar surface area (TPSA) is 117 Å². The van der Waals surface area contributed by atoms with Gasteiger partial charge in [0.25, 0.3) is 5.56 Å². The van der Waals surface area contributed by atoms with Crippen molar-refractivity contribution in [3.05, 3.63) is 82.9 Å². The largest absolute Gasteiger partial charge is 0.573 e. The van der Waals surface area contributed by atoms with Crippen LogP contribution in [0.15, 0.2) is 81.3 Å². The molecule has 0 saturated carbocycles. The lowest BCUT2D eigenvalue weighted by atomic mass is 10.1. The second-order valence-corrected chi connectivity index (χ2v) is 10.9. The average molecular weight is 605 g/mol. The summed E-state index contributed by atoms with van der Waals surface area (Å²) in [6, 6.07) is 15.2. The number of sulfone groups is 1. The van der Waals surface area contributed by atoms with E-state index in [2.05, 4.69) is 9.72 Å². The molecule has 1 N–H and O–H groups in total. The standard InChI is InChI=1S/C29H27F3N2O7S/c1-4-5-9-24-33-27(35)26(28(36)34(24)25-22(39-2)7-6-8-23(25)40-3)42(37,38)21-16-12-19(13-17-21)18-10-14-20(15-11-18)41-29(30,31)32/h6-8,10-17,36H,4-5,9H2,1-3H3. The number of aryl methyl sites for hydroxylation is 1. The molecule has 0 bridgehead atoms. The molecule has 13 heteroatoms. The second kappa shape index (κ2) is 12.1. The molecule has 42 heavy (non-hydrogen) atoms. The maximum Gasteiger partial charge on any atom is 0.573 e. The fraction of sp³-hybridized carbons (Fsp3) is 0.241. The van der Waals surface area contributed by atoms with Gasteiger partial charge in [0, 0.05) is 6.42 Å². The molecule has 0 aliphatic heterocycles. The van der Waals surface area contributed by atoms with E-state index in [9.17, 15) is 31.5 Å². The molecule has 0 unspecified atom stereocenters. The number of aromatic nitrogens is 2. The van der Waals surface area contributed by atoms with Crippen LogP contribution in [0.5, 0.6) is 23.1 Å². The molecule has 4 aromatic rings. The Balaban J connectivity index is 1.81. The number of nitrogens with zero attached hydrogens (tertiary/aromatic N) is 2. The first-order valence-electron chi connectivity index (χ1n) is 12.7. The van der Waals surface area contributed by atoms with Crippen molar-refractivity contribution in [2.45, 2.75) is 42.3 Å². The molecule has 0 saturated heterocycles. The Morgan fingerprint density at radius 2 is 1.45 bits per heavy atom. The van der Waals surface area contributed by atoms with Crippen molar-refractivity contribution in [1.82, 2.24) is 9.55 Å². The molecule has 9 nitrogen and oxygen atoms in total. The van der Waals surface area contributed by atoms with Gasteiger partial charge in [-0.15, -0.1) is 13.2 Å². The van der Waals surface area contributed by atoms with Gasteiger partial charge in [-0.2, -0.15) is 4.98 Å². The van der Waals surface area contributed by atoms with Crippen molar-refractivity contribution in [3.8, 4) is 39.9 Å². The number of alkyl halides is 3. The van der Waals surface area contributed by atoms with E-state index in [1.54, 1.807) is 18.2 Å². The van der Waals surface area contributed by atoms with E-state index < -0.39 is 38.3 Å². The van der Waals surface area contributed by atoms with Crippen LogP contribution in [0.1, 0.15) is 25.6 Å². The van der Waals surface area contributed by atoms with E-state index >= 15 is 0 Å². The van der Waals surface area contributed by atoms with Crippen molar-refractivity contribution in [2.75, 3.05) is 14.2 Å². The molecule has 1 heterocycles. The summed E-state index contributed by atoms with van der Waals surface area (Å²) in [5.74, 6) is -0.652. The van der Waals surface area contributed by atoms with Crippen molar-refractivity contribution >= 4 is 9.84 Å². The van der Waals surface area contributed by atoms with E-state index in [1.165, 1.54) is 50.6 Å². The first-order valence-corrected chi connectivity index (χ1v) is 14.2. The number of hydrogen-bond acceptors (Lipinski definition) is 8. The average Bonchev–Trinajstić information content (AvgIpc) is 2.95. The highest BCUT2D eigenvalue weighted by molar-refractivity contribution is 7.91. The number of methoxy groups -OCH3 is 2. The molecule has 0 spiro atoms. The van der Waals surface area contributed by atoms with Gasteiger partial charge in [-0.05, 0) is 53.9 Å². The second-order valence-electron chi connectivity index (χ2n) is 9.04. The SMILES string of the molecule is CCCCc1nc(=O)c(S(=O)(=O)c2ccc(-c3ccc(OC(F)(F)F)cc3)cc2)c(O)n1-c1c(OC)cccc1OC. The maximum absolute atomic E-state index is 13.7. The normalized spacial score (nSPS) is 11.8. The van der Waals surface area contributed by atoms with Gasteiger partial charge in [-0.1, -0.05) is 43.7 Å². The van der Waals surface area contributed by atoms with Crippen molar-refractivity contribution in [2.24, 2.45) is 0 Å². The zero-order valence-electron chi connectivity index (χ0n) is 22.8. The third-order valence-electron chi connectivity index (χ3n) is 6.33. The molecule has 0 amide bonds. The molecule has 0 atom stereocenters. The van der Waals surface area contributed by atoms with E-state index in [4.69, 9.17) is 9.47 Å². The van der Waals surface area contributed by atoms with Gasteiger partial charge >= 0.3 is 6.36 Å². The van der Waals surface area contributed by atoms with Crippen LogP contribution < -0.4 is 19.8 Å². The third kappa shape index (κ3) is 6.20. The van der Waals surface area contributed by atoms with E-state index in [1.807, 2.05) is 6.92 Å². The van der Waals surface area contributed by atoms with Crippen LogP contribution in [-0.4, -0.2) is 43.7 Å². The van der Waals surface area contributed by atoms with Gasteiger partial charge < -0.3 is 19.3 Å². The van der Waals surface area contributed by atoms with Crippen molar-refractivity contribution in [3.63, 3.8) is 0 Å². The smallest absolute Gasteiger partial charge is 0.494 e. The quantitative estimate of drug-likeness (QED) is 0.245. The Morgan fingerprint density at radius 1 is 0.905 bits per heavy atom. The van der Waals surface area contributed by atoms with E-state index in [-0.39, 0.29) is 34.3 Å². The summed E-state index contributed by atoms with van der Waals surface area (Å²) in [7, 11) is -1.81. The lowest BCUT2D eigenvalue weighted by molar-refractivity contribution is -0.274. The lowest BCUT2D eigenvalue weighted by Gasteiger charge is -2.21. The number of para-hydroxylation sites is 1. The summed E-state index contributed by atoms with van der Waals surface area (Å²) in [6.45, 7) is 1.93. The maximum atomic E-state index is 13.7. The fourth-order valence-electron chi connectivity index (χ4n) is 4.36. The highest BCUT2D eigenvalue weighted by atomic mass is 32.2. The van der Waals surface area contributed by atoms with Crippen molar-refractivity contribution in [1.29, 1.82) is 0 Å². The molecule has 3 aromatic carbocycles. The highest BCUT2D eigenvalue weighted by Crippen LogP contribution is 2.38. The van der Waals surface area contributed by atoms with Crippen molar-refractivity contribution < 1.29 is 40.9 Å². The number of ether oxygens (including phenoxy) is 3. The van der Waals surface area contributed by atoms with Crippen LogP contribution in [0.3, 0.4) is 0 Å². The van der Waals surface area contributed by atoms with Crippen LogP contribution in [-0.2, 0) is 16.3 Å². The molecular weight excluding hydrogens is 577 g/mol. The van der Waals surface area contributed by atoms with Gasteiger partial charge in [-0.25, -0.2) is 8.42 Å². The van der Waals surface area contributed by atoms with Gasteiger partial charge in [0.2, 0.25) is 15.7 Å². The molecule has 222 valence electrons. The molecule has 4 rings (SSSR count). The van der Waals surface area contributed by atoms with E-state index in [0.717, 1.165) is 23.1 Å². The first-order chi connectivity index (χ1) is 19.9. The van der Waals surface area contributed by atoms with Crippen LogP contribution in [0, 0.1) is 0 Å². The monoisotopic (exact) mass is 604 g/mol. The number of rotatable bonds is 10. The minimum Gasteiger partial charge on any atom is -0.494 e. The Bertz CT molecular complexity index is 1710. The van der Waals surface area contributed by atoms with Crippen LogP contribution in [0.2, 0.25) is 0 Å². The summed E-state index contributed by atoms with van der Waals surface area (Å²) in [5, 5.41) is 11.4. The lowest BCUT2D eigenvalue weighted by Crippen LogP contribution is -2.25. The molecular formula is C29H27F3N2O7S. The summed E-state index contributed by atoms with van der Waals surface area (Å²) < 4.78 is 80.7. The Morgan fingerprint density at radius 3 is 1.95 bits per heavy atom. The number of benzene rings is 3. The van der Waals surface area contributed by atoms with Gasteiger partial charge in [0.1, 0.15) is 28.8 Å². The number of hydrogen-bond donors (Lipinski definition) is 1. The number of aromatic hydroxyl groups is 1. The molecule has 0 radical (unpaired) electrons. The number of halogens is 3. The van der Waals surface area contributed by atoms with E-state index in [0.29, 0.717) is 17.5 Å². The zero-order chi connectivity index (χ0) is 30.7. The van der Waals surface area contributed by atoms with Gasteiger partial charge in [0.05, 0.1) is 19.1 Å². The minimum absolute atomic E-state index is 0.120. The summed E-state index contributed by atoms with van der Waals surface area (Å²) in [4.78, 5) is 16.0. The Hall–Kier alpha value is -4.52. The number of unbranched alkanes of at least 4 members (excludes halogenated alkanes) is 1. The Kier molecular flexibility index (Phi) is 8.81. The third-order valence-corrected chi connectivity index (χ3v) is 8.12. The predicted octanol–water partition coefficient (Wildman–Crippen LogP) is 5.70. The predicted molar refractivity (Wildman–Crippen MR) is 147 cm³/mol. The molecule has 0 aliphatic carbocycles. The first kappa shape index (κ1) is 30.4. The van der Waals surface area contributed by atoms with Gasteiger partial charge in [-0.3, -0.25) is 9.36 Å². The summed E-state index contributed by atoms with van der Waals surface area (Å²) >= 11 is 0. The van der Waals surface area contributed by atoms with Crippen LogP contribution >= 0.6 is 0 Å². The van der Waals surface area contributed by atoms with Gasteiger partial charge in [0.15, 0.2) is 4.90 Å². The fourth-order valence-corrected chi connectivity index (χ4v) is 5.69. The summed E-state index contributed by atoms with van der Waals surface area (Å²) in [6.07, 6.45) is -3.24. The minimum atomic E-state index is -4.83. The molecule has 0 fully saturated rings. The highest BCUT2D eigenvalue weighted by Gasteiger charge is 2.32.